The molecule has 0 unspecified atom stereocenters. The van der Waals surface area contributed by atoms with Crippen molar-refractivity contribution >= 4 is 38.5 Å². The first kappa shape index (κ1) is 38.1. The van der Waals surface area contributed by atoms with Crippen LogP contribution in [0.2, 0.25) is 5.02 Å². The number of halogens is 1. The molecule has 54 heavy (non-hydrogen) atoms. The van der Waals surface area contributed by atoms with Crippen molar-refractivity contribution in [1.82, 2.24) is 9.29 Å². The average molecular weight is 761 g/mol. The van der Waals surface area contributed by atoms with Gasteiger partial charge in [0.2, 0.25) is 10.0 Å². The van der Waals surface area contributed by atoms with E-state index in [1.54, 1.807) is 36.4 Å². The number of carbonyl (C=O) groups is 1. The van der Waals surface area contributed by atoms with Crippen molar-refractivity contribution in [2.45, 2.75) is 30.7 Å². The summed E-state index contributed by atoms with van der Waals surface area (Å²) in [6.07, 6.45) is 4.29. The van der Waals surface area contributed by atoms with Crippen LogP contribution >= 0.6 is 11.6 Å². The monoisotopic (exact) mass is 760 g/mol. The standard InChI is InChI=1S/C44H41ClN2O6S/c1-3-12-31(2)30-53-41-17-10-11-18-42(41)54(50,51)46-27-25-40-37(26-28-52-36-22-19-34(20-23-36)44(48)49)38-29-35(45)21-24-39(38)47(40)43(32-13-6-4-7-14-32)33-15-8-5-9-16-33/h3-24,29,43,46H,1,25-28,30H2,2H3,(H,48,49)/b31-12+. The fourth-order valence-electron chi connectivity index (χ4n) is 6.59. The molecule has 0 bridgehead atoms. The topological polar surface area (TPSA) is 107 Å². The lowest BCUT2D eigenvalue weighted by Gasteiger charge is -2.25. The van der Waals surface area contributed by atoms with E-state index in [0.717, 1.165) is 38.9 Å². The molecule has 0 saturated carbocycles. The zero-order valence-electron chi connectivity index (χ0n) is 29.8. The van der Waals surface area contributed by atoms with E-state index in [1.165, 1.54) is 18.2 Å². The van der Waals surface area contributed by atoms with E-state index in [2.05, 4.69) is 40.1 Å². The number of hydrogen-bond donors (Lipinski definition) is 2. The molecule has 0 aliphatic heterocycles. The SMILES string of the molecule is C=C/C=C(\C)COc1ccccc1S(=O)(=O)NCCc1c(CCOc2ccc(C(=O)O)cc2)c2cc(Cl)ccc2n1C(c1ccccc1)c1ccccc1. The molecule has 6 rings (SSSR count). The van der Waals surface area contributed by atoms with E-state index >= 15 is 0 Å². The Bertz CT molecular complexity index is 2330. The summed E-state index contributed by atoms with van der Waals surface area (Å²) < 4.78 is 44.9. The Hall–Kier alpha value is -5.61. The van der Waals surface area contributed by atoms with Crippen molar-refractivity contribution in [2.75, 3.05) is 19.8 Å². The summed E-state index contributed by atoms with van der Waals surface area (Å²) in [7, 11) is -3.98. The van der Waals surface area contributed by atoms with Gasteiger partial charge in [-0.1, -0.05) is 103 Å². The first-order chi connectivity index (χ1) is 26.2. The van der Waals surface area contributed by atoms with Crippen molar-refractivity contribution in [3.05, 3.63) is 185 Å². The number of aromatic nitrogens is 1. The minimum absolute atomic E-state index is 0.0534. The molecule has 1 heterocycles. The molecule has 1 aromatic heterocycles. The molecule has 0 atom stereocenters. The van der Waals surface area contributed by atoms with Gasteiger partial charge in [-0.15, -0.1) is 0 Å². The number of rotatable bonds is 17. The van der Waals surface area contributed by atoms with Gasteiger partial charge in [-0.3, -0.25) is 0 Å². The lowest BCUT2D eigenvalue weighted by atomic mass is 9.97. The van der Waals surface area contributed by atoms with Crippen molar-refractivity contribution < 1.29 is 27.8 Å². The molecule has 6 aromatic rings. The highest BCUT2D eigenvalue weighted by atomic mass is 35.5. The second-order valence-corrected chi connectivity index (χ2v) is 14.9. The van der Waals surface area contributed by atoms with E-state index in [9.17, 15) is 18.3 Å². The maximum absolute atomic E-state index is 13.9. The van der Waals surface area contributed by atoms with Gasteiger partial charge in [0, 0.05) is 41.0 Å². The van der Waals surface area contributed by atoms with Crippen LogP contribution in [0.25, 0.3) is 10.9 Å². The van der Waals surface area contributed by atoms with Gasteiger partial charge in [0.15, 0.2) is 0 Å². The molecule has 0 saturated heterocycles. The molecule has 0 aliphatic carbocycles. The number of carboxylic acids is 1. The molecular formula is C44H41ClN2O6S. The highest BCUT2D eigenvalue weighted by molar-refractivity contribution is 7.89. The van der Waals surface area contributed by atoms with Crippen LogP contribution in [0.1, 0.15) is 45.7 Å². The molecular weight excluding hydrogens is 720 g/mol. The van der Waals surface area contributed by atoms with Crippen LogP contribution in [0.4, 0.5) is 0 Å². The maximum Gasteiger partial charge on any atom is 0.335 e. The van der Waals surface area contributed by atoms with Gasteiger partial charge in [0.1, 0.15) is 23.0 Å². The summed E-state index contributed by atoms with van der Waals surface area (Å²) in [5, 5.41) is 10.8. The van der Waals surface area contributed by atoms with Crippen LogP contribution in [0, 0.1) is 0 Å². The fourth-order valence-corrected chi connectivity index (χ4v) is 7.94. The largest absolute Gasteiger partial charge is 0.493 e. The van der Waals surface area contributed by atoms with E-state index < -0.39 is 16.0 Å². The molecule has 5 aromatic carbocycles. The molecule has 0 radical (unpaired) electrons. The Kier molecular flexibility index (Phi) is 12.3. The number of para-hydroxylation sites is 1. The lowest BCUT2D eigenvalue weighted by Crippen LogP contribution is -2.28. The number of allylic oxidation sites excluding steroid dienone is 2. The summed E-state index contributed by atoms with van der Waals surface area (Å²) >= 11 is 6.65. The van der Waals surface area contributed by atoms with Gasteiger partial charge in [0.25, 0.3) is 0 Å². The van der Waals surface area contributed by atoms with Crippen molar-refractivity contribution in [3.63, 3.8) is 0 Å². The number of fused-ring (bicyclic) bond motifs is 1. The van der Waals surface area contributed by atoms with Crippen LogP contribution in [0.3, 0.4) is 0 Å². The highest BCUT2D eigenvalue weighted by Crippen LogP contribution is 2.38. The predicted octanol–water partition coefficient (Wildman–Crippen LogP) is 9.28. The third kappa shape index (κ3) is 8.94. The summed E-state index contributed by atoms with van der Waals surface area (Å²) in [6, 6.07) is 38.9. The van der Waals surface area contributed by atoms with Crippen molar-refractivity contribution in [3.8, 4) is 11.5 Å². The van der Waals surface area contributed by atoms with E-state index in [1.807, 2.05) is 67.6 Å². The summed E-state index contributed by atoms with van der Waals surface area (Å²) in [5.41, 5.74) is 6.03. The molecule has 8 nitrogen and oxygen atoms in total. The van der Waals surface area contributed by atoms with Crippen LogP contribution < -0.4 is 14.2 Å². The Morgan fingerprint density at radius 1 is 0.870 bits per heavy atom. The third-order valence-electron chi connectivity index (χ3n) is 9.04. The van der Waals surface area contributed by atoms with Gasteiger partial charge in [-0.25, -0.2) is 17.9 Å². The molecule has 0 spiro atoms. The Morgan fingerprint density at radius 2 is 1.52 bits per heavy atom. The number of benzene rings is 5. The van der Waals surface area contributed by atoms with E-state index in [4.69, 9.17) is 21.1 Å². The maximum atomic E-state index is 13.9. The van der Waals surface area contributed by atoms with E-state index in [-0.39, 0.29) is 42.0 Å². The number of hydrogen-bond acceptors (Lipinski definition) is 5. The quantitative estimate of drug-likeness (QED) is 0.0898. The van der Waals surface area contributed by atoms with Crippen molar-refractivity contribution in [2.24, 2.45) is 0 Å². The van der Waals surface area contributed by atoms with Crippen LogP contribution in [-0.4, -0.2) is 43.8 Å². The second kappa shape index (κ2) is 17.5. The smallest absolute Gasteiger partial charge is 0.335 e. The Balaban J connectivity index is 1.39. The minimum atomic E-state index is -3.98. The first-order valence-electron chi connectivity index (χ1n) is 17.5. The first-order valence-corrected chi connectivity index (χ1v) is 19.4. The number of nitrogens with zero attached hydrogens (tertiary/aromatic N) is 1. The van der Waals surface area contributed by atoms with E-state index in [0.29, 0.717) is 23.6 Å². The van der Waals surface area contributed by atoms with Gasteiger partial charge in [-0.05, 0) is 83.8 Å². The molecule has 0 fully saturated rings. The second-order valence-electron chi connectivity index (χ2n) is 12.7. The molecule has 276 valence electrons. The average Bonchev–Trinajstić information content (AvgIpc) is 3.46. The number of ether oxygens (including phenoxy) is 2. The number of nitrogens with one attached hydrogen (secondary N) is 1. The minimum Gasteiger partial charge on any atom is -0.493 e. The third-order valence-corrected chi connectivity index (χ3v) is 10.8. The van der Waals surface area contributed by atoms with Crippen molar-refractivity contribution in [1.29, 1.82) is 0 Å². The lowest BCUT2D eigenvalue weighted by molar-refractivity contribution is 0.0696. The molecule has 2 N–H and O–H groups in total. The van der Waals surface area contributed by atoms with Gasteiger partial charge in [-0.2, -0.15) is 0 Å². The summed E-state index contributed by atoms with van der Waals surface area (Å²) in [4.78, 5) is 11.4. The van der Waals surface area contributed by atoms with Gasteiger partial charge >= 0.3 is 5.97 Å². The van der Waals surface area contributed by atoms with Gasteiger partial charge < -0.3 is 19.1 Å². The van der Waals surface area contributed by atoms with Gasteiger partial charge in [0.05, 0.1) is 18.2 Å². The normalized spacial score (nSPS) is 11.9. The molecule has 0 aliphatic rings. The predicted molar refractivity (Wildman–Crippen MR) is 214 cm³/mol. The Labute approximate surface area is 321 Å². The molecule has 10 heteroatoms. The Morgan fingerprint density at radius 3 is 2.17 bits per heavy atom. The van der Waals surface area contributed by atoms with Crippen LogP contribution in [0.15, 0.2) is 157 Å². The fraction of sp³-hybridized carbons (Fsp3) is 0.159. The summed E-state index contributed by atoms with van der Waals surface area (Å²) in [5.74, 6) is -0.212. The highest BCUT2D eigenvalue weighted by Gasteiger charge is 2.27. The summed E-state index contributed by atoms with van der Waals surface area (Å²) in [6.45, 7) is 6.20. The van der Waals surface area contributed by atoms with Crippen LogP contribution in [-0.2, 0) is 22.9 Å². The number of carboxylic acid groups (broad SMARTS) is 1. The molecule has 0 amide bonds. The zero-order valence-corrected chi connectivity index (χ0v) is 31.4. The number of sulfonamides is 1. The van der Waals surface area contributed by atoms with Crippen LogP contribution in [0.5, 0.6) is 11.5 Å². The number of aromatic carboxylic acids is 1. The zero-order chi connectivity index (χ0) is 38.1.